The predicted octanol–water partition coefficient (Wildman–Crippen LogP) is 2.46. The summed E-state index contributed by atoms with van der Waals surface area (Å²) in [6.45, 7) is 5.33. The smallest absolute Gasteiger partial charge is 0.243 e. The number of nitrogens with one attached hydrogen (secondary N) is 2. The van der Waals surface area contributed by atoms with Crippen LogP contribution in [0, 0.1) is 5.92 Å². The maximum atomic E-state index is 13.2. The Kier molecular flexibility index (Phi) is 7.55. The number of hydrogen-bond acceptors (Lipinski definition) is 3. The Balaban J connectivity index is 2.27. The van der Waals surface area contributed by atoms with Crippen molar-refractivity contribution in [3.05, 3.63) is 71.8 Å². The van der Waals surface area contributed by atoms with E-state index in [0.717, 1.165) is 11.1 Å². The maximum Gasteiger partial charge on any atom is 0.243 e. The largest absolute Gasteiger partial charge is 0.394 e. The molecule has 0 aliphatic carbocycles. The number of hydrogen-bond donors (Lipinski definition) is 3. The van der Waals surface area contributed by atoms with Gasteiger partial charge in [-0.25, -0.2) is 0 Å². The van der Waals surface area contributed by atoms with Gasteiger partial charge < -0.3 is 15.7 Å². The first-order chi connectivity index (χ1) is 12.9. The van der Waals surface area contributed by atoms with Gasteiger partial charge in [-0.2, -0.15) is 0 Å². The van der Waals surface area contributed by atoms with Gasteiger partial charge in [0.1, 0.15) is 6.04 Å². The minimum atomic E-state index is -0.679. The second-order valence-electron chi connectivity index (χ2n) is 7.08. The van der Waals surface area contributed by atoms with Crippen LogP contribution < -0.4 is 10.6 Å². The Bertz CT molecular complexity index is 692. The standard InChI is InChI=1S/C22H28N2O3/c1-15(2)20(22(27)23-16(3)14-25)24-21(26)19(17-10-6-4-7-11-17)18-12-8-5-9-13-18/h4-13,15-16,19-20,25H,14H2,1-3H3,(H,23,27)(H,24,26). The van der Waals surface area contributed by atoms with Crippen LogP contribution >= 0.6 is 0 Å². The summed E-state index contributed by atoms with van der Waals surface area (Å²) in [7, 11) is 0. The average molecular weight is 368 g/mol. The Morgan fingerprint density at radius 2 is 1.30 bits per heavy atom. The molecule has 5 nitrogen and oxygen atoms in total. The molecule has 2 amide bonds. The van der Waals surface area contributed by atoms with Crippen LogP contribution in [0.2, 0.25) is 0 Å². The lowest BCUT2D eigenvalue weighted by Gasteiger charge is -2.26. The van der Waals surface area contributed by atoms with Gasteiger partial charge in [-0.1, -0.05) is 74.5 Å². The Morgan fingerprint density at radius 1 is 0.815 bits per heavy atom. The van der Waals surface area contributed by atoms with Crippen molar-refractivity contribution in [3.63, 3.8) is 0 Å². The third-order valence-corrected chi connectivity index (χ3v) is 4.44. The third-order valence-electron chi connectivity index (χ3n) is 4.44. The monoisotopic (exact) mass is 368 g/mol. The summed E-state index contributed by atoms with van der Waals surface area (Å²) >= 11 is 0. The fourth-order valence-corrected chi connectivity index (χ4v) is 2.94. The second-order valence-corrected chi connectivity index (χ2v) is 7.08. The van der Waals surface area contributed by atoms with E-state index >= 15 is 0 Å². The highest BCUT2D eigenvalue weighted by Crippen LogP contribution is 2.25. The molecule has 0 saturated heterocycles. The van der Waals surface area contributed by atoms with E-state index in [0.29, 0.717) is 0 Å². The summed E-state index contributed by atoms with van der Waals surface area (Å²) < 4.78 is 0. The molecule has 0 bridgehead atoms. The van der Waals surface area contributed by atoms with E-state index < -0.39 is 12.0 Å². The topological polar surface area (TPSA) is 78.4 Å². The van der Waals surface area contributed by atoms with E-state index in [4.69, 9.17) is 5.11 Å². The van der Waals surface area contributed by atoms with Gasteiger partial charge in [0.25, 0.3) is 0 Å². The van der Waals surface area contributed by atoms with Crippen LogP contribution in [-0.4, -0.2) is 35.6 Å². The summed E-state index contributed by atoms with van der Waals surface area (Å²) in [5.74, 6) is -1.11. The quantitative estimate of drug-likeness (QED) is 0.670. The summed E-state index contributed by atoms with van der Waals surface area (Å²) in [5, 5.41) is 14.8. The molecule has 0 aliphatic rings. The summed E-state index contributed by atoms with van der Waals surface area (Å²) in [4.78, 5) is 25.7. The highest BCUT2D eigenvalue weighted by atomic mass is 16.3. The molecule has 144 valence electrons. The number of carbonyl (C=O) groups excluding carboxylic acids is 2. The minimum absolute atomic E-state index is 0.0907. The van der Waals surface area contributed by atoms with Gasteiger partial charge in [0, 0.05) is 6.04 Å². The molecule has 0 spiro atoms. The van der Waals surface area contributed by atoms with Crippen molar-refractivity contribution in [3.8, 4) is 0 Å². The van der Waals surface area contributed by atoms with E-state index in [1.54, 1.807) is 6.92 Å². The molecule has 2 aromatic rings. The molecule has 0 aliphatic heterocycles. The zero-order valence-corrected chi connectivity index (χ0v) is 16.1. The lowest BCUT2D eigenvalue weighted by Crippen LogP contribution is -2.53. The van der Waals surface area contributed by atoms with Crippen molar-refractivity contribution in [2.75, 3.05) is 6.61 Å². The molecule has 0 heterocycles. The molecular weight excluding hydrogens is 340 g/mol. The molecule has 0 fully saturated rings. The molecule has 2 rings (SSSR count). The van der Waals surface area contributed by atoms with Crippen molar-refractivity contribution in [2.45, 2.75) is 38.8 Å². The number of benzene rings is 2. The number of rotatable bonds is 8. The van der Waals surface area contributed by atoms with Gasteiger partial charge in [0.15, 0.2) is 0 Å². The average Bonchev–Trinajstić information content (AvgIpc) is 2.67. The summed E-state index contributed by atoms with van der Waals surface area (Å²) in [6, 6.07) is 18.0. The van der Waals surface area contributed by atoms with E-state index in [1.165, 1.54) is 0 Å². The van der Waals surface area contributed by atoms with E-state index in [-0.39, 0.29) is 30.4 Å². The molecule has 3 N–H and O–H groups in total. The lowest BCUT2D eigenvalue weighted by molar-refractivity contribution is -0.130. The van der Waals surface area contributed by atoms with Gasteiger partial charge in [-0.05, 0) is 24.0 Å². The van der Waals surface area contributed by atoms with Crippen molar-refractivity contribution in [1.82, 2.24) is 10.6 Å². The highest BCUT2D eigenvalue weighted by molar-refractivity contribution is 5.92. The van der Waals surface area contributed by atoms with E-state index in [9.17, 15) is 9.59 Å². The molecule has 2 atom stereocenters. The molecule has 0 saturated carbocycles. The number of amides is 2. The SMILES string of the molecule is CC(CO)NC(=O)C(NC(=O)C(c1ccccc1)c1ccccc1)C(C)C. The Labute approximate surface area is 160 Å². The molecule has 27 heavy (non-hydrogen) atoms. The van der Waals surface area contributed by atoms with Crippen LogP contribution in [-0.2, 0) is 9.59 Å². The van der Waals surface area contributed by atoms with Crippen molar-refractivity contribution < 1.29 is 14.7 Å². The van der Waals surface area contributed by atoms with Gasteiger partial charge in [0.05, 0.1) is 12.5 Å². The molecular formula is C22H28N2O3. The zero-order chi connectivity index (χ0) is 19.8. The van der Waals surface area contributed by atoms with E-state index in [1.807, 2.05) is 74.5 Å². The van der Waals surface area contributed by atoms with Gasteiger partial charge >= 0.3 is 0 Å². The second kappa shape index (κ2) is 9.88. The van der Waals surface area contributed by atoms with Gasteiger partial charge in [-0.15, -0.1) is 0 Å². The van der Waals surface area contributed by atoms with Crippen LogP contribution in [0.4, 0.5) is 0 Å². The summed E-state index contributed by atoms with van der Waals surface area (Å²) in [5.41, 5.74) is 1.74. The molecule has 0 radical (unpaired) electrons. The fraction of sp³-hybridized carbons (Fsp3) is 0.364. The normalized spacial score (nSPS) is 13.3. The van der Waals surface area contributed by atoms with Gasteiger partial charge in [0.2, 0.25) is 11.8 Å². The first-order valence-electron chi connectivity index (χ1n) is 9.25. The van der Waals surface area contributed by atoms with Crippen molar-refractivity contribution in [1.29, 1.82) is 0 Å². The maximum absolute atomic E-state index is 13.2. The molecule has 2 unspecified atom stereocenters. The Hall–Kier alpha value is -2.66. The van der Waals surface area contributed by atoms with Crippen LogP contribution in [0.5, 0.6) is 0 Å². The molecule has 5 heteroatoms. The van der Waals surface area contributed by atoms with E-state index in [2.05, 4.69) is 10.6 Å². The highest BCUT2D eigenvalue weighted by Gasteiger charge is 2.30. The van der Waals surface area contributed by atoms with Crippen LogP contribution in [0.25, 0.3) is 0 Å². The molecule has 2 aromatic carbocycles. The number of aliphatic hydroxyl groups excluding tert-OH is 1. The zero-order valence-electron chi connectivity index (χ0n) is 16.1. The predicted molar refractivity (Wildman–Crippen MR) is 106 cm³/mol. The summed E-state index contributed by atoms with van der Waals surface area (Å²) in [6.07, 6.45) is 0. The number of carbonyl (C=O) groups is 2. The fourth-order valence-electron chi connectivity index (χ4n) is 2.94. The van der Waals surface area contributed by atoms with Crippen LogP contribution in [0.3, 0.4) is 0 Å². The van der Waals surface area contributed by atoms with Crippen LogP contribution in [0.1, 0.15) is 37.8 Å². The van der Waals surface area contributed by atoms with Crippen molar-refractivity contribution in [2.24, 2.45) is 5.92 Å². The molecule has 0 aromatic heterocycles. The Morgan fingerprint density at radius 3 is 1.70 bits per heavy atom. The van der Waals surface area contributed by atoms with Crippen LogP contribution in [0.15, 0.2) is 60.7 Å². The first-order valence-corrected chi connectivity index (χ1v) is 9.25. The van der Waals surface area contributed by atoms with Crippen molar-refractivity contribution >= 4 is 11.8 Å². The lowest BCUT2D eigenvalue weighted by atomic mass is 9.89. The minimum Gasteiger partial charge on any atom is -0.394 e. The number of aliphatic hydroxyl groups is 1. The first kappa shape index (κ1) is 20.6. The third kappa shape index (κ3) is 5.66. The van der Waals surface area contributed by atoms with Gasteiger partial charge in [-0.3, -0.25) is 9.59 Å².